The molecule has 0 saturated heterocycles. The topological polar surface area (TPSA) is 66.8 Å². The standard InChI is InChI=1S/C12H23NO4/c1-6-7-13(8-9(2)10(14)15)11(16)17-12(3,4)5/h9H,6-8H2,1-5H3,(H,14,15)/t9-/m0/s1. The number of amides is 1. The van der Waals surface area contributed by atoms with Crippen LogP contribution in [0.25, 0.3) is 0 Å². The van der Waals surface area contributed by atoms with E-state index in [0.29, 0.717) is 6.54 Å². The molecular formula is C12H23NO4. The van der Waals surface area contributed by atoms with Crippen LogP contribution >= 0.6 is 0 Å². The number of aliphatic carboxylic acids is 1. The van der Waals surface area contributed by atoms with Crippen LogP contribution in [-0.2, 0) is 9.53 Å². The first kappa shape index (κ1) is 15.7. The molecule has 0 radical (unpaired) electrons. The van der Waals surface area contributed by atoms with Crippen LogP contribution in [0.1, 0.15) is 41.0 Å². The fourth-order valence-electron chi connectivity index (χ4n) is 1.26. The summed E-state index contributed by atoms with van der Waals surface area (Å²) in [5, 5.41) is 8.83. The molecule has 0 aliphatic rings. The summed E-state index contributed by atoms with van der Waals surface area (Å²) in [5.41, 5.74) is -0.560. The van der Waals surface area contributed by atoms with Gasteiger partial charge in [0.15, 0.2) is 0 Å². The molecule has 5 heteroatoms. The molecule has 1 atom stereocenters. The summed E-state index contributed by atoms with van der Waals surface area (Å²) in [6.45, 7) is 9.56. The lowest BCUT2D eigenvalue weighted by Crippen LogP contribution is -2.40. The average molecular weight is 245 g/mol. The molecule has 0 saturated carbocycles. The summed E-state index contributed by atoms with van der Waals surface area (Å²) >= 11 is 0. The first-order chi connectivity index (χ1) is 7.67. The number of hydrogen-bond donors (Lipinski definition) is 1. The number of carboxylic acids is 1. The Hall–Kier alpha value is -1.26. The zero-order valence-electron chi connectivity index (χ0n) is 11.3. The van der Waals surface area contributed by atoms with Crippen molar-refractivity contribution in [2.75, 3.05) is 13.1 Å². The molecular weight excluding hydrogens is 222 g/mol. The van der Waals surface area contributed by atoms with Crippen molar-refractivity contribution in [1.82, 2.24) is 4.90 Å². The van der Waals surface area contributed by atoms with Gasteiger partial charge in [0, 0.05) is 13.1 Å². The third kappa shape index (κ3) is 6.81. The molecule has 0 bridgehead atoms. The van der Waals surface area contributed by atoms with Crippen LogP contribution in [0.3, 0.4) is 0 Å². The molecule has 17 heavy (non-hydrogen) atoms. The molecule has 5 nitrogen and oxygen atoms in total. The highest BCUT2D eigenvalue weighted by atomic mass is 16.6. The van der Waals surface area contributed by atoms with Crippen LogP contribution in [0, 0.1) is 5.92 Å². The molecule has 0 aromatic heterocycles. The lowest BCUT2D eigenvalue weighted by atomic mass is 10.1. The van der Waals surface area contributed by atoms with Crippen molar-refractivity contribution in [3.8, 4) is 0 Å². The fourth-order valence-corrected chi connectivity index (χ4v) is 1.26. The minimum atomic E-state index is -0.908. The van der Waals surface area contributed by atoms with E-state index in [0.717, 1.165) is 6.42 Å². The van der Waals surface area contributed by atoms with Crippen LogP contribution in [0.5, 0.6) is 0 Å². The number of hydrogen-bond acceptors (Lipinski definition) is 3. The number of carbonyl (C=O) groups excluding carboxylic acids is 1. The second-order valence-electron chi connectivity index (χ2n) is 5.17. The van der Waals surface area contributed by atoms with E-state index in [4.69, 9.17) is 9.84 Å². The Morgan fingerprint density at radius 1 is 1.35 bits per heavy atom. The SMILES string of the molecule is CCCN(C[C@H](C)C(=O)O)C(=O)OC(C)(C)C. The predicted molar refractivity (Wildman–Crippen MR) is 64.9 cm³/mol. The molecule has 1 N–H and O–H groups in total. The lowest BCUT2D eigenvalue weighted by Gasteiger charge is -2.28. The molecule has 0 spiro atoms. The Labute approximate surface area is 103 Å². The van der Waals surface area contributed by atoms with E-state index < -0.39 is 23.6 Å². The smallest absolute Gasteiger partial charge is 0.410 e. The third-order valence-corrected chi connectivity index (χ3v) is 2.06. The van der Waals surface area contributed by atoms with Crippen LogP contribution in [0.2, 0.25) is 0 Å². The second-order valence-corrected chi connectivity index (χ2v) is 5.17. The third-order valence-electron chi connectivity index (χ3n) is 2.06. The van der Waals surface area contributed by atoms with Gasteiger partial charge in [0.1, 0.15) is 5.60 Å². The zero-order valence-corrected chi connectivity index (χ0v) is 11.3. The summed E-state index contributed by atoms with van der Waals surface area (Å²) in [6.07, 6.45) is 0.318. The van der Waals surface area contributed by atoms with Gasteiger partial charge in [0.25, 0.3) is 0 Å². The van der Waals surface area contributed by atoms with E-state index in [-0.39, 0.29) is 6.54 Å². The quantitative estimate of drug-likeness (QED) is 0.807. The van der Waals surface area contributed by atoms with E-state index in [1.807, 2.05) is 6.92 Å². The number of rotatable bonds is 5. The van der Waals surface area contributed by atoms with E-state index in [9.17, 15) is 9.59 Å². The van der Waals surface area contributed by atoms with E-state index >= 15 is 0 Å². The minimum Gasteiger partial charge on any atom is -0.481 e. The van der Waals surface area contributed by atoms with Gasteiger partial charge in [-0.1, -0.05) is 13.8 Å². The number of nitrogens with zero attached hydrogens (tertiary/aromatic N) is 1. The maximum atomic E-state index is 11.8. The van der Waals surface area contributed by atoms with Gasteiger partial charge in [0.2, 0.25) is 0 Å². The van der Waals surface area contributed by atoms with Gasteiger partial charge in [-0.2, -0.15) is 0 Å². The van der Waals surface area contributed by atoms with Crippen molar-refractivity contribution >= 4 is 12.1 Å². The van der Waals surface area contributed by atoms with Gasteiger partial charge >= 0.3 is 12.1 Å². The van der Waals surface area contributed by atoms with Crippen LogP contribution < -0.4 is 0 Å². The zero-order chi connectivity index (χ0) is 13.6. The second kappa shape index (κ2) is 6.47. The van der Waals surface area contributed by atoms with E-state index in [1.165, 1.54) is 4.90 Å². The molecule has 0 aliphatic carbocycles. The van der Waals surface area contributed by atoms with Gasteiger partial charge in [-0.25, -0.2) is 4.79 Å². The van der Waals surface area contributed by atoms with Crippen molar-refractivity contribution in [1.29, 1.82) is 0 Å². The van der Waals surface area contributed by atoms with Crippen molar-refractivity contribution in [3.05, 3.63) is 0 Å². The maximum Gasteiger partial charge on any atom is 0.410 e. The van der Waals surface area contributed by atoms with Crippen LogP contribution in [-0.4, -0.2) is 40.8 Å². The van der Waals surface area contributed by atoms with Crippen LogP contribution in [0.15, 0.2) is 0 Å². The minimum absolute atomic E-state index is 0.179. The molecule has 100 valence electrons. The Kier molecular flexibility index (Phi) is 5.99. The van der Waals surface area contributed by atoms with Gasteiger partial charge in [-0.15, -0.1) is 0 Å². The van der Waals surface area contributed by atoms with Crippen molar-refractivity contribution < 1.29 is 19.4 Å². The molecule has 0 aliphatic heterocycles. The summed E-state index contributed by atoms with van der Waals surface area (Å²) in [6, 6.07) is 0. The number of carbonyl (C=O) groups is 2. The summed E-state index contributed by atoms with van der Waals surface area (Å²) in [5.74, 6) is -1.50. The number of carboxylic acid groups (broad SMARTS) is 1. The first-order valence-corrected chi connectivity index (χ1v) is 5.88. The Balaban J connectivity index is 4.51. The highest BCUT2D eigenvalue weighted by molar-refractivity contribution is 5.72. The Morgan fingerprint density at radius 3 is 2.24 bits per heavy atom. The van der Waals surface area contributed by atoms with Gasteiger partial charge in [-0.05, 0) is 27.2 Å². The summed E-state index contributed by atoms with van der Waals surface area (Å²) in [4.78, 5) is 24.0. The molecule has 0 aromatic rings. The molecule has 0 fully saturated rings. The molecule has 0 rings (SSSR count). The molecule has 0 heterocycles. The normalized spacial score (nSPS) is 13.0. The van der Waals surface area contributed by atoms with E-state index in [2.05, 4.69) is 0 Å². The molecule has 0 unspecified atom stereocenters. The average Bonchev–Trinajstić information content (AvgIpc) is 2.13. The van der Waals surface area contributed by atoms with Crippen molar-refractivity contribution in [3.63, 3.8) is 0 Å². The van der Waals surface area contributed by atoms with E-state index in [1.54, 1.807) is 27.7 Å². The summed E-state index contributed by atoms with van der Waals surface area (Å²) < 4.78 is 5.23. The summed E-state index contributed by atoms with van der Waals surface area (Å²) in [7, 11) is 0. The molecule has 0 aromatic carbocycles. The van der Waals surface area contributed by atoms with Crippen LogP contribution in [0.4, 0.5) is 4.79 Å². The van der Waals surface area contributed by atoms with Crippen molar-refractivity contribution in [2.24, 2.45) is 5.92 Å². The maximum absolute atomic E-state index is 11.8. The highest BCUT2D eigenvalue weighted by Crippen LogP contribution is 2.11. The lowest BCUT2D eigenvalue weighted by molar-refractivity contribution is -0.141. The highest BCUT2D eigenvalue weighted by Gasteiger charge is 2.24. The van der Waals surface area contributed by atoms with Gasteiger partial charge < -0.3 is 14.7 Å². The monoisotopic (exact) mass is 245 g/mol. The fraction of sp³-hybridized carbons (Fsp3) is 0.833. The van der Waals surface area contributed by atoms with Gasteiger partial charge in [-0.3, -0.25) is 4.79 Å². The Morgan fingerprint density at radius 2 is 1.88 bits per heavy atom. The molecule has 1 amide bonds. The van der Waals surface area contributed by atoms with Crippen molar-refractivity contribution in [2.45, 2.75) is 46.6 Å². The van der Waals surface area contributed by atoms with Gasteiger partial charge in [0.05, 0.1) is 5.92 Å². The predicted octanol–water partition coefficient (Wildman–Crippen LogP) is 2.35. The number of ether oxygens (including phenoxy) is 1. The largest absolute Gasteiger partial charge is 0.481 e. The Bertz CT molecular complexity index is 270. The first-order valence-electron chi connectivity index (χ1n) is 5.88.